The van der Waals surface area contributed by atoms with Crippen LogP contribution in [-0.4, -0.2) is 4.57 Å². The molecule has 1 heteroatoms. The zero-order valence-corrected chi connectivity index (χ0v) is 22.4. The third-order valence-corrected chi connectivity index (χ3v) is 8.77. The molecule has 0 fully saturated rings. The summed E-state index contributed by atoms with van der Waals surface area (Å²) in [4.78, 5) is 0. The molecule has 1 nitrogen and oxygen atoms in total. The van der Waals surface area contributed by atoms with Gasteiger partial charge in [-0.15, -0.1) is 0 Å². The summed E-state index contributed by atoms with van der Waals surface area (Å²) in [6, 6.07) is 55.5. The van der Waals surface area contributed by atoms with Gasteiger partial charge < -0.3 is 4.57 Å². The smallest absolute Gasteiger partial charge is 0.0625 e. The van der Waals surface area contributed by atoms with E-state index in [2.05, 4.69) is 156 Å². The Morgan fingerprint density at radius 2 is 0.878 bits per heavy atom. The van der Waals surface area contributed by atoms with Crippen molar-refractivity contribution in [1.29, 1.82) is 0 Å². The van der Waals surface area contributed by atoms with Crippen molar-refractivity contribution in [2.24, 2.45) is 0 Å². The Morgan fingerprint density at radius 1 is 0.341 bits per heavy atom. The average molecular weight is 520 g/mol. The number of hydrogen-bond acceptors (Lipinski definition) is 0. The van der Waals surface area contributed by atoms with Crippen LogP contribution in [0, 0.1) is 0 Å². The summed E-state index contributed by atoms with van der Waals surface area (Å²) in [6.45, 7) is 0. The van der Waals surface area contributed by atoms with Gasteiger partial charge in [0.1, 0.15) is 0 Å². The van der Waals surface area contributed by atoms with Gasteiger partial charge in [-0.25, -0.2) is 0 Å². The van der Waals surface area contributed by atoms with Crippen LogP contribution in [0.3, 0.4) is 0 Å². The first-order valence-corrected chi connectivity index (χ1v) is 14.2. The van der Waals surface area contributed by atoms with E-state index in [1.165, 1.54) is 81.7 Å². The maximum atomic E-state index is 2.47. The molecule has 1 aromatic heterocycles. The SMILES string of the molecule is c1ccc2c(-c3ccc(-n4c5ccccc5c5ccc6c7ccccc7c7ccccc7c6c54)cc3)cccc2c1. The minimum atomic E-state index is 1.17. The average Bonchev–Trinajstić information content (AvgIpc) is 3.39. The molecule has 0 atom stereocenters. The van der Waals surface area contributed by atoms with E-state index in [1.54, 1.807) is 0 Å². The molecule has 0 spiro atoms. The Labute approximate surface area is 237 Å². The first-order chi connectivity index (χ1) is 20.4. The van der Waals surface area contributed by atoms with Gasteiger partial charge in [0.2, 0.25) is 0 Å². The fourth-order valence-electron chi connectivity index (χ4n) is 6.98. The third kappa shape index (κ3) is 3.18. The van der Waals surface area contributed by atoms with Crippen molar-refractivity contribution in [3.63, 3.8) is 0 Å². The first-order valence-electron chi connectivity index (χ1n) is 14.2. The van der Waals surface area contributed by atoms with E-state index in [-0.39, 0.29) is 0 Å². The molecule has 1 heterocycles. The van der Waals surface area contributed by atoms with Crippen molar-refractivity contribution in [2.45, 2.75) is 0 Å². The van der Waals surface area contributed by atoms with Crippen LogP contribution in [0.15, 0.2) is 152 Å². The maximum Gasteiger partial charge on any atom is 0.0625 e. The highest BCUT2D eigenvalue weighted by Gasteiger charge is 2.18. The highest BCUT2D eigenvalue weighted by Crippen LogP contribution is 2.43. The van der Waals surface area contributed by atoms with Gasteiger partial charge in [-0.1, -0.05) is 133 Å². The molecule has 0 amide bonds. The maximum absolute atomic E-state index is 2.47. The summed E-state index contributed by atoms with van der Waals surface area (Å²) in [7, 11) is 0. The second-order valence-electron chi connectivity index (χ2n) is 10.9. The molecule has 0 aliphatic heterocycles. The van der Waals surface area contributed by atoms with Gasteiger partial charge in [-0.3, -0.25) is 0 Å². The number of hydrogen-bond donors (Lipinski definition) is 0. The zero-order chi connectivity index (χ0) is 26.9. The van der Waals surface area contributed by atoms with Crippen LogP contribution in [0.2, 0.25) is 0 Å². The molecule has 0 aliphatic carbocycles. The van der Waals surface area contributed by atoms with Gasteiger partial charge in [0.05, 0.1) is 11.0 Å². The number of para-hydroxylation sites is 1. The van der Waals surface area contributed by atoms with Crippen molar-refractivity contribution in [3.05, 3.63) is 152 Å². The van der Waals surface area contributed by atoms with Crippen LogP contribution in [0.5, 0.6) is 0 Å². The molecule has 0 aliphatic rings. The molecule has 190 valence electrons. The summed E-state index contributed by atoms with van der Waals surface area (Å²) in [6.07, 6.45) is 0. The summed E-state index contributed by atoms with van der Waals surface area (Å²) >= 11 is 0. The lowest BCUT2D eigenvalue weighted by molar-refractivity contribution is 1.19. The second kappa shape index (κ2) is 8.55. The lowest BCUT2D eigenvalue weighted by Gasteiger charge is -2.15. The van der Waals surface area contributed by atoms with Gasteiger partial charge in [-0.05, 0) is 67.0 Å². The number of rotatable bonds is 2. The lowest BCUT2D eigenvalue weighted by Crippen LogP contribution is -1.95. The van der Waals surface area contributed by atoms with E-state index in [0.717, 1.165) is 0 Å². The number of fused-ring (bicyclic) bond motifs is 11. The van der Waals surface area contributed by atoms with Crippen molar-refractivity contribution < 1.29 is 0 Å². The van der Waals surface area contributed by atoms with Gasteiger partial charge in [-0.2, -0.15) is 0 Å². The van der Waals surface area contributed by atoms with E-state index >= 15 is 0 Å². The van der Waals surface area contributed by atoms with Crippen molar-refractivity contribution in [1.82, 2.24) is 4.57 Å². The van der Waals surface area contributed by atoms with Crippen molar-refractivity contribution in [3.8, 4) is 16.8 Å². The van der Waals surface area contributed by atoms with Gasteiger partial charge in [0.25, 0.3) is 0 Å². The predicted octanol–water partition coefficient (Wildman–Crippen LogP) is 11.1. The second-order valence-corrected chi connectivity index (χ2v) is 10.9. The summed E-state index contributed by atoms with van der Waals surface area (Å²) in [5.41, 5.74) is 6.16. The van der Waals surface area contributed by atoms with Gasteiger partial charge in [0, 0.05) is 21.8 Å². The van der Waals surface area contributed by atoms with Gasteiger partial charge in [0.15, 0.2) is 0 Å². The Bertz CT molecular complexity index is 2420. The normalized spacial score (nSPS) is 11.9. The summed E-state index contributed by atoms with van der Waals surface area (Å²) < 4.78 is 2.47. The van der Waals surface area contributed by atoms with Crippen LogP contribution in [-0.2, 0) is 0 Å². The molecule has 0 unspecified atom stereocenters. The van der Waals surface area contributed by atoms with Crippen LogP contribution in [0.1, 0.15) is 0 Å². The number of benzene rings is 8. The standard InChI is InChI=1S/C40H25N/c1-2-12-29-26(10-1)11-9-18-30(29)27-20-22-28(23-21-27)41-38-19-8-7-16-34(38)37-25-24-36-33-15-4-3-13-31(33)32-14-5-6-17-35(32)39(36)40(37)41/h1-25H. The Hall–Kier alpha value is -5.40. The predicted molar refractivity (Wildman–Crippen MR) is 176 cm³/mol. The Kier molecular flexibility index (Phi) is 4.67. The van der Waals surface area contributed by atoms with Crippen molar-refractivity contribution in [2.75, 3.05) is 0 Å². The number of nitrogens with zero attached hydrogens (tertiary/aromatic N) is 1. The third-order valence-electron chi connectivity index (χ3n) is 8.77. The minimum absolute atomic E-state index is 1.17. The van der Waals surface area contributed by atoms with Crippen LogP contribution in [0.25, 0.3) is 81.7 Å². The first kappa shape index (κ1) is 22.4. The molecule has 8 aromatic carbocycles. The molecule has 41 heavy (non-hydrogen) atoms. The van der Waals surface area contributed by atoms with Crippen LogP contribution >= 0.6 is 0 Å². The molecular weight excluding hydrogens is 494 g/mol. The molecule has 0 N–H and O–H groups in total. The Balaban J connectivity index is 1.39. The van der Waals surface area contributed by atoms with Crippen LogP contribution < -0.4 is 0 Å². The molecule has 0 saturated carbocycles. The fraction of sp³-hybridized carbons (Fsp3) is 0. The molecule has 9 rings (SSSR count). The summed E-state index contributed by atoms with van der Waals surface area (Å²) in [5, 5.41) is 12.9. The lowest BCUT2D eigenvalue weighted by atomic mass is 9.93. The quantitative estimate of drug-likeness (QED) is 0.200. The number of aromatic nitrogens is 1. The minimum Gasteiger partial charge on any atom is -0.309 e. The van der Waals surface area contributed by atoms with E-state index in [1.807, 2.05) is 0 Å². The largest absolute Gasteiger partial charge is 0.309 e. The Morgan fingerprint density at radius 3 is 1.63 bits per heavy atom. The summed E-state index contributed by atoms with van der Waals surface area (Å²) in [5.74, 6) is 0. The molecular formula is C40H25N. The molecule has 9 aromatic rings. The topological polar surface area (TPSA) is 4.93 Å². The van der Waals surface area contributed by atoms with Crippen LogP contribution in [0.4, 0.5) is 0 Å². The van der Waals surface area contributed by atoms with E-state index < -0.39 is 0 Å². The molecule has 0 radical (unpaired) electrons. The molecule has 0 bridgehead atoms. The highest BCUT2D eigenvalue weighted by atomic mass is 15.0. The van der Waals surface area contributed by atoms with Crippen molar-refractivity contribution >= 4 is 64.9 Å². The highest BCUT2D eigenvalue weighted by molar-refractivity contribution is 6.33. The zero-order valence-electron chi connectivity index (χ0n) is 22.4. The molecule has 0 saturated heterocycles. The van der Waals surface area contributed by atoms with E-state index in [4.69, 9.17) is 0 Å². The van der Waals surface area contributed by atoms with E-state index in [9.17, 15) is 0 Å². The fourth-order valence-corrected chi connectivity index (χ4v) is 6.98. The van der Waals surface area contributed by atoms with Gasteiger partial charge >= 0.3 is 0 Å². The monoisotopic (exact) mass is 519 g/mol. The van der Waals surface area contributed by atoms with E-state index in [0.29, 0.717) is 0 Å².